The van der Waals surface area contributed by atoms with Crippen LogP contribution in [0.15, 0.2) is 18.2 Å². The number of nitrogens with one attached hydrogen (secondary N) is 1. The van der Waals surface area contributed by atoms with E-state index in [-0.39, 0.29) is 23.1 Å². The second-order valence-electron chi connectivity index (χ2n) is 7.63. The Morgan fingerprint density at radius 1 is 1.27 bits per heavy atom. The fourth-order valence-electron chi connectivity index (χ4n) is 4.44. The van der Waals surface area contributed by atoms with E-state index in [0.717, 1.165) is 50.1 Å². The molecule has 0 bridgehead atoms. The first-order valence-electron chi connectivity index (χ1n) is 9.58. The fraction of sp³-hybridized carbons (Fsp3) is 0.600. The molecule has 2 heterocycles. The normalized spacial score (nSPS) is 26.8. The third kappa shape index (κ3) is 3.29. The fourth-order valence-corrected chi connectivity index (χ4v) is 4.61. The van der Waals surface area contributed by atoms with Crippen LogP contribution in [-0.2, 0) is 15.0 Å². The van der Waals surface area contributed by atoms with Gasteiger partial charge in [-0.05, 0) is 50.3 Å². The zero-order chi connectivity index (χ0) is 18.1. The molecule has 1 aromatic rings. The molecule has 1 N–H and O–H groups in total. The molecule has 3 aliphatic rings. The Morgan fingerprint density at radius 2 is 2.08 bits per heavy atom. The third-order valence-corrected chi connectivity index (χ3v) is 6.26. The van der Waals surface area contributed by atoms with Crippen molar-refractivity contribution >= 4 is 23.4 Å². The summed E-state index contributed by atoms with van der Waals surface area (Å²) in [6.45, 7) is 2.76. The van der Waals surface area contributed by atoms with Crippen molar-refractivity contribution in [1.29, 1.82) is 0 Å². The van der Waals surface area contributed by atoms with Gasteiger partial charge in [0, 0.05) is 48.0 Å². The maximum atomic E-state index is 12.6. The Hall–Kier alpha value is -1.75. The van der Waals surface area contributed by atoms with E-state index in [1.165, 1.54) is 6.42 Å². The highest BCUT2D eigenvalue weighted by atomic mass is 35.5. The van der Waals surface area contributed by atoms with Crippen LogP contribution in [0.3, 0.4) is 0 Å². The number of rotatable bonds is 4. The number of fused-ring (bicyclic) bond motifs is 2. The van der Waals surface area contributed by atoms with Crippen LogP contribution in [0.25, 0.3) is 0 Å². The highest BCUT2D eigenvalue weighted by Gasteiger charge is 2.61. The summed E-state index contributed by atoms with van der Waals surface area (Å²) in [5.41, 5.74) is 0.917. The molecule has 140 valence electrons. The minimum atomic E-state index is -0.139. The second-order valence-corrected chi connectivity index (χ2v) is 8.07. The number of piperidine rings is 1. The molecule has 0 aromatic heterocycles. The number of hydrogen-bond donors (Lipinski definition) is 1. The maximum Gasteiger partial charge on any atom is 0.224 e. The monoisotopic (exact) mass is 376 g/mol. The smallest absolute Gasteiger partial charge is 0.224 e. The van der Waals surface area contributed by atoms with Gasteiger partial charge in [-0.2, -0.15) is 0 Å². The van der Waals surface area contributed by atoms with Crippen LogP contribution in [0, 0.1) is 5.92 Å². The highest BCUT2D eigenvalue weighted by molar-refractivity contribution is 6.30. The zero-order valence-corrected chi connectivity index (χ0v) is 15.7. The molecule has 0 unspecified atom stereocenters. The summed E-state index contributed by atoms with van der Waals surface area (Å²) in [4.78, 5) is 26.7. The molecule has 1 saturated heterocycles. The molecular weight excluding hydrogens is 352 g/mol. The van der Waals surface area contributed by atoms with Crippen molar-refractivity contribution in [2.75, 3.05) is 26.2 Å². The quantitative estimate of drug-likeness (QED) is 0.879. The summed E-state index contributed by atoms with van der Waals surface area (Å²) in [7, 11) is 0. The molecule has 1 aromatic carbocycles. The number of hydrogen-bond acceptors (Lipinski definition) is 3. The van der Waals surface area contributed by atoms with Crippen molar-refractivity contribution in [3.63, 3.8) is 0 Å². The highest BCUT2D eigenvalue weighted by Crippen LogP contribution is 2.61. The Kier molecular flexibility index (Phi) is 4.82. The molecule has 2 aliphatic heterocycles. The van der Waals surface area contributed by atoms with Gasteiger partial charge in [0.15, 0.2) is 0 Å². The van der Waals surface area contributed by atoms with E-state index in [4.69, 9.17) is 16.3 Å². The van der Waals surface area contributed by atoms with Gasteiger partial charge < -0.3 is 15.0 Å². The second kappa shape index (κ2) is 7.10. The number of halogens is 1. The topological polar surface area (TPSA) is 58.6 Å². The lowest BCUT2D eigenvalue weighted by atomic mass is 9.87. The molecule has 5 nitrogen and oxygen atoms in total. The predicted octanol–water partition coefficient (Wildman–Crippen LogP) is 2.90. The van der Waals surface area contributed by atoms with E-state index in [9.17, 15) is 9.59 Å². The maximum absolute atomic E-state index is 12.6. The van der Waals surface area contributed by atoms with Gasteiger partial charge in [-0.25, -0.2) is 0 Å². The van der Waals surface area contributed by atoms with Crippen LogP contribution in [-0.4, -0.2) is 43.0 Å². The molecule has 1 saturated carbocycles. The van der Waals surface area contributed by atoms with Crippen LogP contribution in [0.4, 0.5) is 0 Å². The minimum absolute atomic E-state index is 0.0456. The molecule has 6 heteroatoms. The molecule has 0 radical (unpaired) electrons. The molecule has 2 amide bonds. The zero-order valence-electron chi connectivity index (χ0n) is 14.9. The van der Waals surface area contributed by atoms with Gasteiger partial charge >= 0.3 is 0 Å². The van der Waals surface area contributed by atoms with Gasteiger partial charge in [0.25, 0.3) is 0 Å². The summed E-state index contributed by atoms with van der Waals surface area (Å²) in [6, 6.07) is 5.65. The van der Waals surface area contributed by atoms with Crippen molar-refractivity contribution in [1.82, 2.24) is 10.2 Å². The number of ether oxygens (including phenoxy) is 1. The van der Waals surface area contributed by atoms with E-state index in [1.54, 1.807) is 0 Å². The van der Waals surface area contributed by atoms with E-state index >= 15 is 0 Å². The number of carbonyl (C=O) groups excluding carboxylic acids is 2. The SMILES string of the molecule is O=C(NCCC(=O)N1CCCCC1)[C@@H]1C[C@]12CCOc1ccc(Cl)cc12. The Morgan fingerprint density at radius 3 is 2.88 bits per heavy atom. The molecule has 26 heavy (non-hydrogen) atoms. The molecule has 1 spiro atoms. The number of nitrogens with zero attached hydrogens (tertiary/aromatic N) is 1. The number of likely N-dealkylation sites (tertiary alicyclic amines) is 1. The van der Waals surface area contributed by atoms with Crippen LogP contribution >= 0.6 is 11.6 Å². The molecule has 4 rings (SSSR count). The molecule has 2 fully saturated rings. The van der Waals surface area contributed by atoms with Crippen molar-refractivity contribution in [3.8, 4) is 5.75 Å². The molecule has 2 atom stereocenters. The van der Waals surface area contributed by atoms with Gasteiger partial charge in [-0.3, -0.25) is 9.59 Å². The predicted molar refractivity (Wildman–Crippen MR) is 99.4 cm³/mol. The van der Waals surface area contributed by atoms with E-state index in [2.05, 4.69) is 5.32 Å². The average molecular weight is 377 g/mol. The van der Waals surface area contributed by atoms with E-state index in [0.29, 0.717) is 24.6 Å². The summed E-state index contributed by atoms with van der Waals surface area (Å²) in [6.07, 6.45) is 5.44. The van der Waals surface area contributed by atoms with Gasteiger partial charge in [-0.15, -0.1) is 0 Å². The van der Waals surface area contributed by atoms with Crippen molar-refractivity contribution < 1.29 is 14.3 Å². The van der Waals surface area contributed by atoms with Crippen molar-refractivity contribution in [2.24, 2.45) is 5.92 Å². The first kappa shape index (κ1) is 17.7. The van der Waals surface area contributed by atoms with Crippen LogP contribution in [0.2, 0.25) is 5.02 Å². The van der Waals surface area contributed by atoms with Crippen molar-refractivity contribution in [2.45, 2.75) is 43.9 Å². The van der Waals surface area contributed by atoms with Crippen LogP contribution < -0.4 is 10.1 Å². The number of carbonyl (C=O) groups is 2. The lowest BCUT2D eigenvalue weighted by Gasteiger charge is -2.27. The molecular formula is C20H25ClN2O3. The number of amides is 2. The van der Waals surface area contributed by atoms with Crippen molar-refractivity contribution in [3.05, 3.63) is 28.8 Å². The summed E-state index contributed by atoms with van der Waals surface area (Å²) in [5.74, 6) is 0.993. The van der Waals surface area contributed by atoms with Gasteiger partial charge in [0.2, 0.25) is 11.8 Å². The van der Waals surface area contributed by atoms with Crippen LogP contribution in [0.1, 0.15) is 44.1 Å². The lowest BCUT2D eigenvalue weighted by molar-refractivity contribution is -0.132. The Bertz CT molecular complexity index is 717. The average Bonchev–Trinajstić information content (AvgIpc) is 3.38. The summed E-state index contributed by atoms with van der Waals surface area (Å²) in [5, 5.41) is 3.64. The standard InChI is InChI=1S/C20H25ClN2O3/c21-14-4-5-17-15(12-14)20(7-11-26-17)13-16(20)19(25)22-8-6-18(24)23-9-2-1-3-10-23/h4-5,12,16H,1-3,6-11,13H2,(H,22,25)/t16-,20-/m0/s1. The first-order chi connectivity index (χ1) is 12.6. The van der Waals surface area contributed by atoms with E-state index < -0.39 is 0 Å². The lowest BCUT2D eigenvalue weighted by Crippen LogP contribution is -2.38. The molecule has 1 aliphatic carbocycles. The van der Waals surface area contributed by atoms with Gasteiger partial charge in [0.05, 0.1) is 6.61 Å². The van der Waals surface area contributed by atoms with Crippen LogP contribution in [0.5, 0.6) is 5.75 Å². The summed E-state index contributed by atoms with van der Waals surface area (Å²) >= 11 is 6.15. The minimum Gasteiger partial charge on any atom is -0.493 e. The van der Waals surface area contributed by atoms with Gasteiger partial charge in [-0.1, -0.05) is 11.6 Å². The Labute approximate surface area is 159 Å². The first-order valence-corrected chi connectivity index (χ1v) is 9.96. The Balaban J connectivity index is 1.32. The van der Waals surface area contributed by atoms with Gasteiger partial charge in [0.1, 0.15) is 5.75 Å². The third-order valence-electron chi connectivity index (χ3n) is 6.02. The largest absolute Gasteiger partial charge is 0.493 e. The number of benzene rings is 1. The van der Waals surface area contributed by atoms with E-state index in [1.807, 2.05) is 23.1 Å². The summed E-state index contributed by atoms with van der Waals surface area (Å²) < 4.78 is 5.72.